The number of aryl methyl sites for hydroxylation is 2. The van der Waals surface area contributed by atoms with Crippen molar-refractivity contribution in [2.75, 3.05) is 13.1 Å². The number of halogens is 1. The fourth-order valence-corrected chi connectivity index (χ4v) is 3.11. The molecule has 5 heteroatoms. The van der Waals surface area contributed by atoms with E-state index in [1.54, 1.807) is 0 Å². The van der Waals surface area contributed by atoms with Crippen molar-refractivity contribution >= 4 is 11.6 Å². The Kier molecular flexibility index (Phi) is 3.76. The quantitative estimate of drug-likeness (QED) is 0.924. The van der Waals surface area contributed by atoms with E-state index in [2.05, 4.69) is 27.0 Å². The normalized spacial score (nSPS) is 19.2. The molecule has 1 N–H and O–H groups in total. The molecule has 2 aromatic rings. The monoisotopic (exact) mass is 290 g/mol. The molecule has 106 valence electrons. The maximum atomic E-state index is 6.06. The largest absolute Gasteiger partial charge is 0.316 e. The minimum absolute atomic E-state index is 0.431. The van der Waals surface area contributed by atoms with Gasteiger partial charge in [-0.05, 0) is 57.0 Å². The van der Waals surface area contributed by atoms with Crippen LogP contribution in [0, 0.1) is 13.8 Å². The van der Waals surface area contributed by atoms with Crippen molar-refractivity contribution in [3.63, 3.8) is 0 Å². The number of hydrogen-bond donors (Lipinski definition) is 1. The zero-order valence-electron chi connectivity index (χ0n) is 11.9. The van der Waals surface area contributed by atoms with Crippen LogP contribution in [0.25, 0.3) is 5.69 Å². The number of hydrogen-bond acceptors (Lipinski definition) is 3. The highest BCUT2D eigenvalue weighted by molar-refractivity contribution is 6.30. The van der Waals surface area contributed by atoms with Gasteiger partial charge < -0.3 is 5.32 Å². The number of benzene rings is 1. The second-order valence-corrected chi connectivity index (χ2v) is 5.85. The van der Waals surface area contributed by atoms with E-state index in [9.17, 15) is 0 Å². The summed E-state index contributed by atoms with van der Waals surface area (Å²) in [5, 5.41) is 12.9. The van der Waals surface area contributed by atoms with Gasteiger partial charge in [0.2, 0.25) is 0 Å². The Labute approximate surface area is 124 Å². The van der Waals surface area contributed by atoms with Crippen LogP contribution in [0.3, 0.4) is 0 Å². The Bertz CT molecular complexity index is 614. The summed E-state index contributed by atoms with van der Waals surface area (Å²) in [7, 11) is 0. The molecule has 0 bridgehead atoms. The number of nitrogens with one attached hydrogen (secondary N) is 1. The van der Waals surface area contributed by atoms with E-state index in [1.165, 1.54) is 6.42 Å². The van der Waals surface area contributed by atoms with Gasteiger partial charge >= 0.3 is 0 Å². The lowest BCUT2D eigenvalue weighted by Gasteiger charge is -2.23. The van der Waals surface area contributed by atoms with Crippen molar-refractivity contribution in [2.45, 2.75) is 32.6 Å². The van der Waals surface area contributed by atoms with Gasteiger partial charge in [-0.3, -0.25) is 4.57 Å². The topological polar surface area (TPSA) is 42.7 Å². The number of piperidine rings is 1. The first-order valence-corrected chi connectivity index (χ1v) is 7.44. The van der Waals surface area contributed by atoms with E-state index in [4.69, 9.17) is 11.6 Å². The average Bonchev–Trinajstić information content (AvgIpc) is 2.82. The fourth-order valence-electron chi connectivity index (χ4n) is 2.88. The molecule has 1 aromatic carbocycles. The first kappa shape index (κ1) is 13.6. The predicted molar refractivity (Wildman–Crippen MR) is 80.7 cm³/mol. The van der Waals surface area contributed by atoms with Gasteiger partial charge in [0, 0.05) is 17.5 Å². The molecule has 1 atom stereocenters. The maximum Gasteiger partial charge on any atom is 0.142 e. The Morgan fingerprint density at radius 2 is 2.15 bits per heavy atom. The smallest absolute Gasteiger partial charge is 0.142 e. The summed E-state index contributed by atoms with van der Waals surface area (Å²) in [6.07, 6.45) is 2.36. The lowest BCUT2D eigenvalue weighted by molar-refractivity contribution is 0.442. The summed E-state index contributed by atoms with van der Waals surface area (Å²) in [6.45, 7) is 6.15. The van der Waals surface area contributed by atoms with Crippen LogP contribution in [0.15, 0.2) is 18.2 Å². The lowest BCUT2D eigenvalue weighted by atomic mass is 9.98. The molecule has 0 radical (unpaired) electrons. The van der Waals surface area contributed by atoms with Gasteiger partial charge in [0.25, 0.3) is 0 Å². The van der Waals surface area contributed by atoms with Gasteiger partial charge in [0.15, 0.2) is 0 Å². The van der Waals surface area contributed by atoms with Crippen LogP contribution in [-0.2, 0) is 0 Å². The Hall–Kier alpha value is -1.39. The summed E-state index contributed by atoms with van der Waals surface area (Å²) in [5.74, 6) is 2.41. The highest BCUT2D eigenvalue weighted by Gasteiger charge is 2.23. The van der Waals surface area contributed by atoms with Crippen molar-refractivity contribution in [2.24, 2.45) is 0 Å². The zero-order valence-corrected chi connectivity index (χ0v) is 12.6. The van der Waals surface area contributed by atoms with Gasteiger partial charge in [-0.2, -0.15) is 0 Å². The van der Waals surface area contributed by atoms with Crippen molar-refractivity contribution < 1.29 is 0 Å². The van der Waals surface area contributed by atoms with Gasteiger partial charge in [0.05, 0.1) is 5.69 Å². The van der Waals surface area contributed by atoms with Crippen LogP contribution >= 0.6 is 11.6 Å². The molecule has 0 spiro atoms. The van der Waals surface area contributed by atoms with Crippen LogP contribution in [0.4, 0.5) is 0 Å². The van der Waals surface area contributed by atoms with Crippen molar-refractivity contribution in [1.29, 1.82) is 0 Å². The third-order valence-corrected chi connectivity index (χ3v) is 4.15. The second-order valence-electron chi connectivity index (χ2n) is 5.41. The van der Waals surface area contributed by atoms with E-state index in [-0.39, 0.29) is 0 Å². The lowest BCUT2D eigenvalue weighted by Crippen LogP contribution is -2.30. The van der Waals surface area contributed by atoms with Crippen LogP contribution in [0.1, 0.15) is 36.0 Å². The summed E-state index contributed by atoms with van der Waals surface area (Å²) >= 11 is 6.06. The minimum atomic E-state index is 0.431. The molecule has 1 aliphatic rings. The Balaban J connectivity index is 2.06. The number of aromatic nitrogens is 3. The van der Waals surface area contributed by atoms with Crippen LogP contribution in [0.2, 0.25) is 5.02 Å². The molecule has 2 heterocycles. The van der Waals surface area contributed by atoms with E-state index in [0.717, 1.165) is 47.4 Å². The average molecular weight is 291 g/mol. The summed E-state index contributed by atoms with van der Waals surface area (Å²) in [6, 6.07) is 5.96. The molecular weight excluding hydrogens is 272 g/mol. The second kappa shape index (κ2) is 5.54. The molecule has 1 aromatic heterocycles. The molecule has 20 heavy (non-hydrogen) atoms. The first-order valence-electron chi connectivity index (χ1n) is 7.06. The van der Waals surface area contributed by atoms with Gasteiger partial charge in [-0.1, -0.05) is 11.6 Å². The molecule has 0 amide bonds. The van der Waals surface area contributed by atoms with Gasteiger partial charge in [-0.15, -0.1) is 10.2 Å². The van der Waals surface area contributed by atoms with Crippen LogP contribution < -0.4 is 5.32 Å². The Morgan fingerprint density at radius 3 is 2.85 bits per heavy atom. The van der Waals surface area contributed by atoms with Crippen molar-refractivity contribution in [1.82, 2.24) is 20.1 Å². The number of nitrogens with zero attached hydrogens (tertiary/aromatic N) is 3. The molecular formula is C15H19ClN4. The third kappa shape index (κ3) is 2.45. The summed E-state index contributed by atoms with van der Waals surface area (Å²) < 4.78 is 2.17. The molecule has 3 rings (SSSR count). The fraction of sp³-hybridized carbons (Fsp3) is 0.467. The Morgan fingerprint density at radius 1 is 1.30 bits per heavy atom. The third-order valence-electron chi connectivity index (χ3n) is 3.91. The van der Waals surface area contributed by atoms with E-state index in [1.807, 2.05) is 25.1 Å². The highest BCUT2D eigenvalue weighted by Crippen LogP contribution is 2.27. The summed E-state index contributed by atoms with van der Waals surface area (Å²) in [4.78, 5) is 0. The molecule has 1 saturated heterocycles. The van der Waals surface area contributed by atoms with Crippen molar-refractivity contribution in [3.05, 3.63) is 40.4 Å². The molecule has 0 saturated carbocycles. The van der Waals surface area contributed by atoms with Gasteiger partial charge in [0.1, 0.15) is 11.6 Å². The number of rotatable bonds is 2. The minimum Gasteiger partial charge on any atom is -0.316 e. The summed E-state index contributed by atoms with van der Waals surface area (Å²) in [5.41, 5.74) is 2.27. The van der Waals surface area contributed by atoms with Gasteiger partial charge in [-0.25, -0.2) is 0 Å². The molecule has 1 aliphatic heterocycles. The molecule has 0 aliphatic carbocycles. The predicted octanol–water partition coefficient (Wildman–Crippen LogP) is 3.00. The van der Waals surface area contributed by atoms with Crippen LogP contribution in [0.5, 0.6) is 0 Å². The zero-order chi connectivity index (χ0) is 14.1. The molecule has 1 fully saturated rings. The highest BCUT2D eigenvalue weighted by atomic mass is 35.5. The maximum absolute atomic E-state index is 6.06. The van der Waals surface area contributed by atoms with E-state index >= 15 is 0 Å². The SMILES string of the molecule is Cc1cc(Cl)ccc1-n1c(C)nnc1C1CCCNC1. The standard InChI is InChI=1S/C15H19ClN4/c1-10-8-13(16)5-6-14(10)20-11(2)18-19-15(20)12-4-3-7-17-9-12/h5-6,8,12,17H,3-4,7,9H2,1-2H3. The molecule has 1 unspecified atom stereocenters. The van der Waals surface area contributed by atoms with E-state index in [0.29, 0.717) is 5.92 Å². The first-order chi connectivity index (χ1) is 9.66. The van der Waals surface area contributed by atoms with Crippen LogP contribution in [-0.4, -0.2) is 27.9 Å². The van der Waals surface area contributed by atoms with E-state index < -0.39 is 0 Å². The molecule has 4 nitrogen and oxygen atoms in total. The van der Waals surface area contributed by atoms with Crippen molar-refractivity contribution in [3.8, 4) is 5.69 Å².